The molecule has 2 saturated heterocycles. The molecule has 3 aromatic rings. The van der Waals surface area contributed by atoms with E-state index in [1.165, 1.54) is 53.7 Å². The van der Waals surface area contributed by atoms with Gasteiger partial charge in [0.25, 0.3) is 0 Å². The van der Waals surface area contributed by atoms with Crippen LogP contribution in [0.4, 0.5) is 0 Å². The quantitative estimate of drug-likeness (QED) is 0.655. The lowest BCUT2D eigenvalue weighted by atomic mass is 9.88. The van der Waals surface area contributed by atoms with Crippen molar-refractivity contribution in [2.75, 3.05) is 39.4 Å². The van der Waals surface area contributed by atoms with Crippen molar-refractivity contribution >= 4 is 10.9 Å². The largest absolute Gasteiger partial charge is 0.379 e. The highest BCUT2D eigenvalue weighted by atomic mass is 16.5. The Kier molecular flexibility index (Phi) is 6.08. The SMILES string of the molecule is CC(C)N1CCC(c2ccc(-c3nccc4[nH]c(CN5CCOCC5)cc34)cc2)CC1. The monoisotopic (exact) mass is 418 g/mol. The molecule has 5 rings (SSSR count). The molecule has 4 heterocycles. The predicted octanol–water partition coefficient (Wildman–Crippen LogP) is 4.65. The number of rotatable bonds is 5. The van der Waals surface area contributed by atoms with Gasteiger partial charge in [0, 0.05) is 54.0 Å². The van der Waals surface area contributed by atoms with E-state index in [2.05, 4.69) is 65.0 Å². The highest BCUT2D eigenvalue weighted by Crippen LogP contribution is 2.32. The Hall–Kier alpha value is -2.21. The average molecular weight is 419 g/mol. The van der Waals surface area contributed by atoms with Crippen LogP contribution in [0.3, 0.4) is 0 Å². The highest BCUT2D eigenvalue weighted by molar-refractivity contribution is 5.93. The standard InChI is InChI=1S/C26H34N4O/c1-19(2)30-11-8-21(9-12-30)20-3-5-22(6-4-20)26-24-17-23(28-25(24)7-10-27-26)18-29-13-15-31-16-14-29/h3-7,10,17,19,21,28H,8-9,11-16,18H2,1-2H3. The molecule has 2 fully saturated rings. The van der Waals surface area contributed by atoms with Gasteiger partial charge in [-0.05, 0) is 63.4 Å². The fourth-order valence-electron chi connectivity index (χ4n) is 5.09. The van der Waals surface area contributed by atoms with Crippen LogP contribution < -0.4 is 0 Å². The van der Waals surface area contributed by atoms with Crippen LogP contribution in [0.15, 0.2) is 42.6 Å². The Morgan fingerprint density at radius 1 is 1.03 bits per heavy atom. The summed E-state index contributed by atoms with van der Waals surface area (Å²) in [5.74, 6) is 0.681. The van der Waals surface area contributed by atoms with Gasteiger partial charge in [-0.2, -0.15) is 0 Å². The molecule has 0 aliphatic carbocycles. The van der Waals surface area contributed by atoms with Gasteiger partial charge in [0.2, 0.25) is 0 Å². The van der Waals surface area contributed by atoms with Gasteiger partial charge in [-0.3, -0.25) is 9.88 Å². The van der Waals surface area contributed by atoms with E-state index in [4.69, 9.17) is 9.72 Å². The third-order valence-corrected chi connectivity index (χ3v) is 7.02. The van der Waals surface area contributed by atoms with Crippen molar-refractivity contribution in [3.63, 3.8) is 0 Å². The van der Waals surface area contributed by atoms with E-state index in [9.17, 15) is 0 Å². The minimum Gasteiger partial charge on any atom is -0.379 e. The van der Waals surface area contributed by atoms with Crippen molar-refractivity contribution in [2.45, 2.75) is 45.2 Å². The van der Waals surface area contributed by atoms with Crippen LogP contribution in [0.1, 0.15) is 43.9 Å². The zero-order valence-electron chi connectivity index (χ0n) is 18.8. The molecule has 0 unspecified atom stereocenters. The lowest BCUT2D eigenvalue weighted by Crippen LogP contribution is -2.37. The van der Waals surface area contributed by atoms with E-state index in [-0.39, 0.29) is 0 Å². The summed E-state index contributed by atoms with van der Waals surface area (Å²) in [4.78, 5) is 13.4. The first-order valence-electron chi connectivity index (χ1n) is 11.8. The van der Waals surface area contributed by atoms with Crippen LogP contribution in [-0.2, 0) is 11.3 Å². The number of fused-ring (bicyclic) bond motifs is 1. The maximum absolute atomic E-state index is 5.48. The normalized spacial score (nSPS) is 19.5. The molecule has 5 heteroatoms. The highest BCUT2D eigenvalue weighted by Gasteiger charge is 2.22. The van der Waals surface area contributed by atoms with Crippen molar-refractivity contribution in [3.8, 4) is 11.3 Å². The number of hydrogen-bond acceptors (Lipinski definition) is 4. The maximum Gasteiger partial charge on any atom is 0.0795 e. The van der Waals surface area contributed by atoms with Crippen LogP contribution in [-0.4, -0.2) is 65.2 Å². The van der Waals surface area contributed by atoms with Gasteiger partial charge in [-0.1, -0.05) is 24.3 Å². The zero-order valence-corrected chi connectivity index (χ0v) is 18.8. The van der Waals surface area contributed by atoms with Gasteiger partial charge < -0.3 is 14.6 Å². The molecule has 2 aromatic heterocycles. The fourth-order valence-corrected chi connectivity index (χ4v) is 5.09. The molecule has 5 nitrogen and oxygen atoms in total. The van der Waals surface area contributed by atoms with Crippen molar-refractivity contribution in [1.82, 2.24) is 19.8 Å². The molecule has 2 aliphatic heterocycles. The van der Waals surface area contributed by atoms with E-state index in [0.717, 1.165) is 38.5 Å². The molecule has 0 bridgehead atoms. The second kappa shape index (κ2) is 9.11. The zero-order chi connectivity index (χ0) is 21.2. The summed E-state index contributed by atoms with van der Waals surface area (Å²) >= 11 is 0. The van der Waals surface area contributed by atoms with Crippen LogP contribution in [0.5, 0.6) is 0 Å². The Morgan fingerprint density at radius 2 is 1.77 bits per heavy atom. The summed E-state index contributed by atoms with van der Waals surface area (Å²) in [7, 11) is 0. The fraction of sp³-hybridized carbons (Fsp3) is 0.500. The third kappa shape index (κ3) is 4.54. The number of aromatic amines is 1. The maximum atomic E-state index is 5.48. The van der Waals surface area contributed by atoms with Gasteiger partial charge >= 0.3 is 0 Å². The number of likely N-dealkylation sites (tertiary alicyclic amines) is 1. The number of aromatic nitrogens is 2. The van der Waals surface area contributed by atoms with E-state index in [1.54, 1.807) is 0 Å². The topological polar surface area (TPSA) is 44.4 Å². The van der Waals surface area contributed by atoms with Gasteiger partial charge in [0.1, 0.15) is 0 Å². The Morgan fingerprint density at radius 3 is 2.48 bits per heavy atom. The van der Waals surface area contributed by atoms with E-state index < -0.39 is 0 Å². The second-order valence-corrected chi connectivity index (χ2v) is 9.33. The minimum atomic E-state index is 0.657. The molecule has 1 N–H and O–H groups in total. The van der Waals surface area contributed by atoms with Crippen LogP contribution >= 0.6 is 0 Å². The van der Waals surface area contributed by atoms with Gasteiger partial charge in [-0.25, -0.2) is 0 Å². The molecule has 0 amide bonds. The number of hydrogen-bond donors (Lipinski definition) is 1. The number of H-pyrrole nitrogens is 1. The average Bonchev–Trinajstić information content (AvgIpc) is 3.22. The number of piperidine rings is 1. The number of benzene rings is 1. The van der Waals surface area contributed by atoms with E-state index in [1.807, 2.05) is 6.20 Å². The molecule has 0 radical (unpaired) electrons. The second-order valence-electron chi connectivity index (χ2n) is 9.33. The molecule has 164 valence electrons. The third-order valence-electron chi connectivity index (χ3n) is 7.02. The lowest BCUT2D eigenvalue weighted by molar-refractivity contribution is 0.0337. The van der Waals surface area contributed by atoms with Gasteiger partial charge in [0.05, 0.1) is 18.9 Å². The summed E-state index contributed by atoms with van der Waals surface area (Å²) in [5.41, 5.74) is 6.16. The minimum absolute atomic E-state index is 0.657. The molecule has 1 aromatic carbocycles. The van der Waals surface area contributed by atoms with Crippen molar-refractivity contribution in [1.29, 1.82) is 0 Å². The smallest absolute Gasteiger partial charge is 0.0795 e. The van der Waals surface area contributed by atoms with Gasteiger partial charge in [0.15, 0.2) is 0 Å². The predicted molar refractivity (Wildman–Crippen MR) is 126 cm³/mol. The molecule has 31 heavy (non-hydrogen) atoms. The number of ether oxygens (including phenoxy) is 1. The molecule has 0 atom stereocenters. The summed E-state index contributed by atoms with van der Waals surface area (Å²) in [6.45, 7) is 11.6. The van der Waals surface area contributed by atoms with Crippen molar-refractivity contribution in [2.24, 2.45) is 0 Å². The lowest BCUT2D eigenvalue weighted by Gasteiger charge is -2.34. The van der Waals surface area contributed by atoms with E-state index in [0.29, 0.717) is 12.0 Å². The Bertz CT molecular complexity index is 996. The first kappa shape index (κ1) is 20.7. The van der Waals surface area contributed by atoms with E-state index >= 15 is 0 Å². The molecule has 0 spiro atoms. The summed E-state index contributed by atoms with van der Waals surface area (Å²) in [6.07, 6.45) is 4.43. The summed E-state index contributed by atoms with van der Waals surface area (Å²) in [6, 6.07) is 14.2. The Labute approximate surface area is 185 Å². The first-order valence-corrected chi connectivity index (χ1v) is 11.8. The van der Waals surface area contributed by atoms with Gasteiger partial charge in [-0.15, -0.1) is 0 Å². The van der Waals surface area contributed by atoms with Crippen LogP contribution in [0.25, 0.3) is 22.2 Å². The number of pyridine rings is 1. The number of nitrogens with one attached hydrogen (secondary N) is 1. The molecule has 2 aliphatic rings. The number of morpholine rings is 1. The van der Waals surface area contributed by atoms with Crippen LogP contribution in [0, 0.1) is 0 Å². The first-order chi connectivity index (χ1) is 15.2. The Balaban J connectivity index is 1.33. The summed E-state index contributed by atoms with van der Waals surface area (Å²) in [5, 5.41) is 1.21. The van der Waals surface area contributed by atoms with Crippen molar-refractivity contribution in [3.05, 3.63) is 53.9 Å². The molecular weight excluding hydrogens is 384 g/mol. The summed E-state index contributed by atoms with van der Waals surface area (Å²) < 4.78 is 5.48. The van der Waals surface area contributed by atoms with Crippen molar-refractivity contribution < 1.29 is 4.74 Å². The van der Waals surface area contributed by atoms with Crippen LogP contribution in [0.2, 0.25) is 0 Å². The molecular formula is C26H34N4O. The molecule has 0 saturated carbocycles. The number of nitrogens with zero attached hydrogens (tertiary/aromatic N) is 3.